The normalized spacial score (nSPS) is 10.2. The van der Waals surface area contributed by atoms with Crippen LogP contribution in [0.5, 0.6) is 5.75 Å². The van der Waals surface area contributed by atoms with Crippen LogP contribution in [0.15, 0.2) is 38.6 Å². The number of halogens is 2. The first-order chi connectivity index (χ1) is 8.61. The van der Waals surface area contributed by atoms with Gasteiger partial charge < -0.3 is 10.1 Å². The SMILES string of the molecule is COc1ccc(Br)cc1NC(=O)c1sccc1Br. The predicted molar refractivity (Wildman–Crippen MR) is 80.7 cm³/mol. The lowest BCUT2D eigenvalue weighted by atomic mass is 10.3. The number of benzene rings is 1. The Kier molecular flexibility index (Phi) is 4.42. The number of amides is 1. The Labute approximate surface area is 125 Å². The summed E-state index contributed by atoms with van der Waals surface area (Å²) < 4.78 is 6.87. The van der Waals surface area contributed by atoms with Gasteiger partial charge in [-0.2, -0.15) is 0 Å². The average molecular weight is 391 g/mol. The van der Waals surface area contributed by atoms with Crippen LogP contribution < -0.4 is 10.1 Å². The molecule has 0 aliphatic carbocycles. The average Bonchev–Trinajstić information content (AvgIpc) is 2.76. The number of anilines is 1. The Balaban J connectivity index is 2.27. The van der Waals surface area contributed by atoms with Gasteiger partial charge in [-0.25, -0.2) is 0 Å². The summed E-state index contributed by atoms with van der Waals surface area (Å²) in [5.41, 5.74) is 0.636. The second-order valence-corrected chi connectivity index (χ2v) is 6.08. The molecule has 0 aliphatic heterocycles. The minimum Gasteiger partial charge on any atom is -0.495 e. The summed E-state index contributed by atoms with van der Waals surface area (Å²) in [5, 5.41) is 4.69. The first kappa shape index (κ1) is 13.6. The van der Waals surface area contributed by atoms with Gasteiger partial charge in [0.05, 0.1) is 12.8 Å². The highest BCUT2D eigenvalue weighted by atomic mass is 79.9. The molecule has 0 saturated carbocycles. The van der Waals surface area contributed by atoms with Crippen molar-refractivity contribution in [2.45, 2.75) is 0 Å². The van der Waals surface area contributed by atoms with Crippen molar-refractivity contribution < 1.29 is 9.53 Å². The molecule has 0 unspecified atom stereocenters. The molecule has 1 aromatic heterocycles. The van der Waals surface area contributed by atoms with E-state index in [-0.39, 0.29) is 5.91 Å². The zero-order chi connectivity index (χ0) is 13.1. The summed E-state index contributed by atoms with van der Waals surface area (Å²) in [6.07, 6.45) is 0. The lowest BCUT2D eigenvalue weighted by molar-refractivity contribution is 0.102. The Bertz CT molecular complexity index is 583. The van der Waals surface area contributed by atoms with E-state index >= 15 is 0 Å². The number of methoxy groups -OCH3 is 1. The molecule has 6 heteroatoms. The number of ether oxygens (including phenoxy) is 1. The van der Waals surface area contributed by atoms with Crippen molar-refractivity contribution in [2.24, 2.45) is 0 Å². The summed E-state index contributed by atoms with van der Waals surface area (Å²) in [5.74, 6) is 0.465. The number of hydrogen-bond acceptors (Lipinski definition) is 3. The molecule has 0 aliphatic rings. The molecule has 0 atom stereocenters. The largest absolute Gasteiger partial charge is 0.495 e. The van der Waals surface area contributed by atoms with E-state index in [4.69, 9.17) is 4.74 Å². The molecule has 1 amide bonds. The van der Waals surface area contributed by atoms with Crippen molar-refractivity contribution in [1.82, 2.24) is 0 Å². The van der Waals surface area contributed by atoms with E-state index < -0.39 is 0 Å². The van der Waals surface area contributed by atoms with Gasteiger partial charge in [0.25, 0.3) is 5.91 Å². The quantitative estimate of drug-likeness (QED) is 0.835. The van der Waals surface area contributed by atoms with Gasteiger partial charge in [-0.1, -0.05) is 15.9 Å². The minimum atomic E-state index is -0.159. The highest BCUT2D eigenvalue weighted by molar-refractivity contribution is 9.10. The van der Waals surface area contributed by atoms with Crippen molar-refractivity contribution in [2.75, 3.05) is 12.4 Å². The van der Waals surface area contributed by atoms with E-state index in [0.717, 1.165) is 8.95 Å². The Hall–Kier alpha value is -0.850. The molecule has 2 rings (SSSR count). The highest BCUT2D eigenvalue weighted by Gasteiger charge is 2.14. The molecule has 1 N–H and O–H groups in total. The molecule has 18 heavy (non-hydrogen) atoms. The number of hydrogen-bond donors (Lipinski definition) is 1. The van der Waals surface area contributed by atoms with Crippen LogP contribution in [0.4, 0.5) is 5.69 Å². The summed E-state index contributed by atoms with van der Waals surface area (Å²) in [4.78, 5) is 12.7. The van der Waals surface area contributed by atoms with Crippen LogP contribution in [-0.4, -0.2) is 13.0 Å². The molecule has 0 fully saturated rings. The van der Waals surface area contributed by atoms with E-state index in [0.29, 0.717) is 16.3 Å². The highest BCUT2D eigenvalue weighted by Crippen LogP contribution is 2.30. The minimum absolute atomic E-state index is 0.159. The van der Waals surface area contributed by atoms with Crippen molar-refractivity contribution in [3.05, 3.63) is 43.5 Å². The van der Waals surface area contributed by atoms with Crippen LogP contribution in [0.2, 0.25) is 0 Å². The topological polar surface area (TPSA) is 38.3 Å². The zero-order valence-corrected chi connectivity index (χ0v) is 13.4. The summed E-state index contributed by atoms with van der Waals surface area (Å²) in [6, 6.07) is 7.30. The van der Waals surface area contributed by atoms with E-state index in [1.54, 1.807) is 19.2 Å². The van der Waals surface area contributed by atoms with E-state index in [1.165, 1.54) is 11.3 Å². The summed E-state index contributed by atoms with van der Waals surface area (Å²) in [6.45, 7) is 0. The second-order valence-electron chi connectivity index (χ2n) is 3.40. The fraction of sp³-hybridized carbons (Fsp3) is 0.0833. The maximum absolute atomic E-state index is 12.1. The molecular weight excluding hydrogens is 382 g/mol. The smallest absolute Gasteiger partial charge is 0.266 e. The molecule has 3 nitrogen and oxygen atoms in total. The van der Waals surface area contributed by atoms with Crippen molar-refractivity contribution >= 4 is 54.8 Å². The third-order valence-electron chi connectivity index (χ3n) is 2.23. The number of carbonyl (C=O) groups excluding carboxylic acids is 1. The van der Waals surface area contributed by atoms with Crippen LogP contribution in [0, 0.1) is 0 Å². The Morgan fingerprint density at radius 1 is 1.33 bits per heavy atom. The summed E-state index contributed by atoms with van der Waals surface area (Å²) in [7, 11) is 1.57. The van der Waals surface area contributed by atoms with Crippen molar-refractivity contribution in [3.63, 3.8) is 0 Å². The Morgan fingerprint density at radius 2 is 2.11 bits per heavy atom. The molecule has 2 aromatic rings. The van der Waals surface area contributed by atoms with Crippen molar-refractivity contribution in [1.29, 1.82) is 0 Å². The van der Waals surface area contributed by atoms with Gasteiger partial charge in [-0.05, 0) is 45.6 Å². The van der Waals surface area contributed by atoms with E-state index in [1.807, 2.05) is 17.5 Å². The fourth-order valence-corrected chi connectivity index (χ4v) is 3.22. The maximum Gasteiger partial charge on any atom is 0.266 e. The molecule has 0 saturated heterocycles. The van der Waals surface area contributed by atoms with Gasteiger partial charge in [-0.15, -0.1) is 11.3 Å². The molecule has 0 spiro atoms. The molecular formula is C12H9Br2NO2S. The van der Waals surface area contributed by atoms with Gasteiger partial charge in [0.15, 0.2) is 0 Å². The van der Waals surface area contributed by atoms with E-state index in [2.05, 4.69) is 37.2 Å². The molecule has 94 valence electrons. The van der Waals surface area contributed by atoms with Gasteiger partial charge in [-0.3, -0.25) is 4.79 Å². The maximum atomic E-state index is 12.1. The van der Waals surface area contributed by atoms with Crippen LogP contribution in [-0.2, 0) is 0 Å². The Morgan fingerprint density at radius 3 is 2.72 bits per heavy atom. The van der Waals surface area contributed by atoms with Gasteiger partial charge in [0.2, 0.25) is 0 Å². The number of thiophene rings is 1. The third kappa shape index (κ3) is 2.93. The third-order valence-corrected chi connectivity index (χ3v) is 4.56. The van der Waals surface area contributed by atoms with Crippen LogP contribution in [0.25, 0.3) is 0 Å². The monoisotopic (exact) mass is 389 g/mol. The van der Waals surface area contributed by atoms with E-state index in [9.17, 15) is 4.79 Å². The van der Waals surface area contributed by atoms with Gasteiger partial charge in [0.1, 0.15) is 10.6 Å². The number of nitrogens with one attached hydrogen (secondary N) is 1. The number of rotatable bonds is 3. The first-order valence-corrected chi connectivity index (χ1v) is 7.46. The molecule has 1 aromatic carbocycles. The lowest BCUT2D eigenvalue weighted by Crippen LogP contribution is -2.11. The first-order valence-electron chi connectivity index (χ1n) is 4.99. The molecule has 1 heterocycles. The zero-order valence-electron chi connectivity index (χ0n) is 9.37. The van der Waals surface area contributed by atoms with Gasteiger partial charge >= 0.3 is 0 Å². The van der Waals surface area contributed by atoms with Crippen LogP contribution >= 0.6 is 43.2 Å². The number of carbonyl (C=O) groups is 1. The van der Waals surface area contributed by atoms with Gasteiger partial charge in [0, 0.05) is 8.95 Å². The standard InChI is InChI=1S/C12H9Br2NO2S/c1-17-10-3-2-7(13)6-9(10)15-12(16)11-8(14)4-5-18-11/h2-6H,1H3,(H,15,16). The summed E-state index contributed by atoms with van der Waals surface area (Å²) >= 11 is 8.09. The fourth-order valence-electron chi connectivity index (χ4n) is 1.41. The second kappa shape index (κ2) is 5.86. The molecule has 0 bridgehead atoms. The van der Waals surface area contributed by atoms with Crippen LogP contribution in [0.3, 0.4) is 0 Å². The van der Waals surface area contributed by atoms with Crippen LogP contribution in [0.1, 0.15) is 9.67 Å². The predicted octanol–water partition coefficient (Wildman–Crippen LogP) is 4.53. The van der Waals surface area contributed by atoms with Crippen molar-refractivity contribution in [3.8, 4) is 5.75 Å². The lowest BCUT2D eigenvalue weighted by Gasteiger charge is -2.10. The molecule has 0 radical (unpaired) electrons.